The molecule has 1 saturated carbocycles. The highest BCUT2D eigenvalue weighted by Gasteiger charge is 2.21. The highest BCUT2D eigenvalue weighted by molar-refractivity contribution is 5.74. The molecule has 0 nitrogen and oxygen atoms in total. The van der Waals surface area contributed by atoms with E-state index in [-0.39, 0.29) is 0 Å². The zero-order valence-corrected chi connectivity index (χ0v) is 24.2. The molecule has 0 unspecified atom stereocenters. The van der Waals surface area contributed by atoms with Gasteiger partial charge in [-0.15, -0.1) is 0 Å². The van der Waals surface area contributed by atoms with E-state index >= 15 is 0 Å². The highest BCUT2D eigenvalue weighted by Crippen LogP contribution is 2.36. The first-order valence-corrected chi connectivity index (χ1v) is 15.4. The second-order valence-corrected chi connectivity index (χ2v) is 12.3. The molecule has 0 bridgehead atoms. The molecule has 0 heteroatoms. The van der Waals surface area contributed by atoms with E-state index in [1.54, 1.807) is 0 Å². The lowest BCUT2D eigenvalue weighted by Crippen LogP contribution is -2.16. The molecule has 5 rings (SSSR count). The van der Waals surface area contributed by atoms with Gasteiger partial charge in [0.05, 0.1) is 0 Å². The molecule has 0 spiro atoms. The van der Waals surface area contributed by atoms with Gasteiger partial charge in [0, 0.05) is 0 Å². The minimum atomic E-state index is 0.485. The molecule has 2 aliphatic rings. The zero-order chi connectivity index (χ0) is 27.0. The summed E-state index contributed by atoms with van der Waals surface area (Å²) in [5, 5.41) is 0. The molecule has 3 aromatic rings. The molecule has 1 fully saturated rings. The van der Waals surface area contributed by atoms with Crippen molar-refractivity contribution >= 4 is 5.57 Å². The summed E-state index contributed by atoms with van der Waals surface area (Å²) in [6.07, 6.45) is 17.3. The van der Waals surface area contributed by atoms with Crippen LogP contribution in [0.25, 0.3) is 5.57 Å². The standard InChI is InChI=1S/C39H46/c1-4-10-31-17-19-32(20-18-31)24-33-11-8-12-34(25-33)26-35-13-9-16-38(27-35)39-22-21-37(28-39)30(3)23-29(2)36-14-6-5-7-15-36/h5-9,11-16,21-22,25,27,29,31-32H,3-4,10,17-20,23-24,26,28H2,1-2H3/t29-,31?,32?/m0/s1. The summed E-state index contributed by atoms with van der Waals surface area (Å²) in [5.74, 6) is 2.35. The Labute approximate surface area is 237 Å². The quantitative estimate of drug-likeness (QED) is 0.239. The van der Waals surface area contributed by atoms with Gasteiger partial charge in [0.1, 0.15) is 0 Å². The van der Waals surface area contributed by atoms with Crippen molar-refractivity contribution in [1.82, 2.24) is 0 Å². The third-order valence-electron chi connectivity index (χ3n) is 9.13. The lowest BCUT2D eigenvalue weighted by Gasteiger charge is -2.28. The number of allylic oxidation sites excluding steroid dienone is 5. The molecule has 0 N–H and O–H groups in total. The van der Waals surface area contributed by atoms with Crippen molar-refractivity contribution in [2.24, 2.45) is 11.8 Å². The smallest absolute Gasteiger partial charge is 0.00173 e. The van der Waals surface area contributed by atoms with Crippen LogP contribution < -0.4 is 0 Å². The van der Waals surface area contributed by atoms with Crippen LogP contribution >= 0.6 is 0 Å². The van der Waals surface area contributed by atoms with Crippen LogP contribution in [0, 0.1) is 11.8 Å². The Bertz CT molecular complexity index is 1300. The predicted molar refractivity (Wildman–Crippen MR) is 169 cm³/mol. The molecule has 3 aromatic carbocycles. The fraction of sp³-hybridized carbons (Fsp3) is 0.385. The van der Waals surface area contributed by atoms with Gasteiger partial charge in [0.25, 0.3) is 0 Å². The van der Waals surface area contributed by atoms with Crippen molar-refractivity contribution < 1.29 is 0 Å². The van der Waals surface area contributed by atoms with E-state index in [2.05, 4.69) is 111 Å². The molecule has 2 aliphatic carbocycles. The molecule has 202 valence electrons. The van der Waals surface area contributed by atoms with Crippen LogP contribution in [0.2, 0.25) is 0 Å². The van der Waals surface area contributed by atoms with Gasteiger partial charge in [0.15, 0.2) is 0 Å². The maximum Gasteiger partial charge on any atom is -0.00173 e. The number of hydrogen-bond donors (Lipinski definition) is 0. The Kier molecular flexibility index (Phi) is 9.36. The van der Waals surface area contributed by atoms with Crippen LogP contribution in [0.15, 0.2) is 109 Å². The summed E-state index contributed by atoms with van der Waals surface area (Å²) in [6, 6.07) is 29.4. The Hall–Kier alpha value is -3.12. The van der Waals surface area contributed by atoms with Crippen molar-refractivity contribution in [2.45, 2.75) is 84.0 Å². The number of rotatable bonds is 11. The molecule has 0 amide bonds. The summed E-state index contributed by atoms with van der Waals surface area (Å²) in [7, 11) is 0. The Balaban J connectivity index is 1.15. The van der Waals surface area contributed by atoms with Crippen molar-refractivity contribution in [1.29, 1.82) is 0 Å². The topological polar surface area (TPSA) is 0 Å². The van der Waals surface area contributed by atoms with E-state index in [1.165, 1.54) is 89.5 Å². The van der Waals surface area contributed by atoms with Crippen LogP contribution in [0.5, 0.6) is 0 Å². The summed E-state index contributed by atoms with van der Waals surface area (Å²) < 4.78 is 0. The average molecular weight is 515 g/mol. The van der Waals surface area contributed by atoms with E-state index in [1.807, 2.05) is 0 Å². The maximum atomic E-state index is 4.46. The van der Waals surface area contributed by atoms with Gasteiger partial charge in [-0.05, 0) is 95.2 Å². The van der Waals surface area contributed by atoms with Crippen LogP contribution in [-0.2, 0) is 12.8 Å². The van der Waals surface area contributed by atoms with Gasteiger partial charge in [-0.25, -0.2) is 0 Å². The largest absolute Gasteiger partial charge is 0.0955 e. The minimum Gasteiger partial charge on any atom is -0.0955 e. The molecule has 0 saturated heterocycles. The van der Waals surface area contributed by atoms with Crippen molar-refractivity contribution in [3.63, 3.8) is 0 Å². The first kappa shape index (κ1) is 27.4. The lowest BCUT2D eigenvalue weighted by atomic mass is 9.77. The first-order valence-electron chi connectivity index (χ1n) is 15.4. The fourth-order valence-corrected chi connectivity index (χ4v) is 6.81. The Morgan fingerprint density at radius 2 is 1.49 bits per heavy atom. The summed E-state index contributed by atoms with van der Waals surface area (Å²) in [4.78, 5) is 0. The molecule has 39 heavy (non-hydrogen) atoms. The molecular formula is C39H46. The maximum absolute atomic E-state index is 4.46. The van der Waals surface area contributed by atoms with Gasteiger partial charge < -0.3 is 0 Å². The SMILES string of the molecule is C=C(C[C@H](C)c1ccccc1)C1=CC=C(c2cccc(Cc3cccc(CC4CCC(CCC)CC4)c3)c2)C1. The molecule has 0 heterocycles. The van der Waals surface area contributed by atoms with E-state index in [0.29, 0.717) is 5.92 Å². The highest BCUT2D eigenvalue weighted by atomic mass is 14.3. The fourth-order valence-electron chi connectivity index (χ4n) is 6.81. The van der Waals surface area contributed by atoms with Gasteiger partial charge in [-0.3, -0.25) is 0 Å². The van der Waals surface area contributed by atoms with E-state index in [9.17, 15) is 0 Å². The van der Waals surface area contributed by atoms with Gasteiger partial charge in [-0.1, -0.05) is 143 Å². The summed E-state index contributed by atoms with van der Waals surface area (Å²) in [6.45, 7) is 9.10. The lowest BCUT2D eigenvalue weighted by molar-refractivity contribution is 0.261. The number of benzene rings is 3. The van der Waals surface area contributed by atoms with Crippen LogP contribution in [0.4, 0.5) is 0 Å². The van der Waals surface area contributed by atoms with Crippen LogP contribution in [0.3, 0.4) is 0 Å². The van der Waals surface area contributed by atoms with E-state index < -0.39 is 0 Å². The summed E-state index contributed by atoms with van der Waals surface area (Å²) >= 11 is 0. The normalized spacial score (nSPS) is 19.8. The third-order valence-corrected chi connectivity index (χ3v) is 9.13. The second-order valence-electron chi connectivity index (χ2n) is 12.3. The molecule has 0 radical (unpaired) electrons. The molecular weight excluding hydrogens is 468 g/mol. The van der Waals surface area contributed by atoms with Gasteiger partial charge in [-0.2, -0.15) is 0 Å². The third kappa shape index (κ3) is 7.51. The van der Waals surface area contributed by atoms with Crippen molar-refractivity contribution in [2.75, 3.05) is 0 Å². The molecule has 1 atom stereocenters. The van der Waals surface area contributed by atoms with Gasteiger partial charge >= 0.3 is 0 Å². The van der Waals surface area contributed by atoms with E-state index in [0.717, 1.165) is 31.1 Å². The van der Waals surface area contributed by atoms with Crippen molar-refractivity contribution in [3.8, 4) is 0 Å². The first-order chi connectivity index (χ1) is 19.1. The molecule has 0 aliphatic heterocycles. The molecule has 0 aromatic heterocycles. The Morgan fingerprint density at radius 3 is 2.26 bits per heavy atom. The second kappa shape index (κ2) is 13.3. The number of hydrogen-bond acceptors (Lipinski definition) is 0. The van der Waals surface area contributed by atoms with Crippen LogP contribution in [0.1, 0.15) is 98.9 Å². The summed E-state index contributed by atoms with van der Waals surface area (Å²) in [5.41, 5.74) is 11.2. The van der Waals surface area contributed by atoms with Gasteiger partial charge in [0.2, 0.25) is 0 Å². The van der Waals surface area contributed by atoms with Crippen LogP contribution in [-0.4, -0.2) is 0 Å². The van der Waals surface area contributed by atoms with Crippen molar-refractivity contribution in [3.05, 3.63) is 137 Å². The zero-order valence-electron chi connectivity index (χ0n) is 24.2. The minimum absolute atomic E-state index is 0.485. The van der Waals surface area contributed by atoms with E-state index in [4.69, 9.17) is 0 Å². The Morgan fingerprint density at radius 1 is 0.795 bits per heavy atom. The monoisotopic (exact) mass is 514 g/mol. The predicted octanol–water partition coefficient (Wildman–Crippen LogP) is 10.9. The average Bonchev–Trinajstić information content (AvgIpc) is 3.46.